The molecule has 7 heteroatoms. The topological polar surface area (TPSA) is 66.8 Å². The molecule has 0 saturated carbocycles. The van der Waals surface area contributed by atoms with Crippen LogP contribution in [0.2, 0.25) is 0 Å². The Morgan fingerprint density at radius 1 is 1.22 bits per heavy atom. The van der Waals surface area contributed by atoms with E-state index < -0.39 is 22.8 Å². The van der Waals surface area contributed by atoms with Crippen LogP contribution in [0.15, 0.2) is 35.7 Å². The third-order valence-corrected chi connectivity index (χ3v) is 4.53. The molecule has 1 N–H and O–H groups in total. The molecule has 5 nitrogen and oxygen atoms in total. The summed E-state index contributed by atoms with van der Waals surface area (Å²) in [6, 6.07) is 8.85. The zero-order valence-corrected chi connectivity index (χ0v) is 15.0. The highest BCUT2D eigenvalue weighted by molar-refractivity contribution is 7.81. The molecule has 0 aliphatic rings. The van der Waals surface area contributed by atoms with Crippen LogP contribution in [-0.2, 0) is 16.0 Å². The van der Waals surface area contributed by atoms with E-state index in [1.54, 1.807) is 44.4 Å². The van der Waals surface area contributed by atoms with Gasteiger partial charge in [0.05, 0.1) is 11.4 Å². The number of ether oxygens (including phenoxy) is 1. The lowest BCUT2D eigenvalue weighted by Gasteiger charge is -2.23. The van der Waals surface area contributed by atoms with Crippen LogP contribution in [-0.4, -0.2) is 20.3 Å². The van der Waals surface area contributed by atoms with Crippen molar-refractivity contribution < 1.29 is 18.3 Å². The first-order chi connectivity index (χ1) is 10.7. The smallest absolute Gasteiger partial charge is 0.351 e. The zero-order valence-electron chi connectivity index (χ0n) is 13.4. The summed E-state index contributed by atoms with van der Waals surface area (Å²) in [5.41, 5.74) is 1.12. The number of anilines is 2. The van der Waals surface area contributed by atoms with Crippen molar-refractivity contribution in [3.63, 3.8) is 0 Å². The summed E-state index contributed by atoms with van der Waals surface area (Å²) < 4.78 is 28.3. The van der Waals surface area contributed by atoms with E-state index in [4.69, 9.17) is 4.74 Å². The lowest BCUT2D eigenvalue weighted by atomic mass is 10.2. The Morgan fingerprint density at radius 3 is 2.43 bits per heavy atom. The number of carbonyl (C=O) groups excluding carboxylic acids is 1. The van der Waals surface area contributed by atoms with Crippen molar-refractivity contribution in [3.8, 4) is 0 Å². The average Bonchev–Trinajstić information content (AvgIpc) is 2.88. The summed E-state index contributed by atoms with van der Waals surface area (Å²) >= 11 is -1.13. The van der Waals surface area contributed by atoms with Gasteiger partial charge in [-0.25, -0.2) is 13.3 Å². The number of benzene rings is 1. The molecule has 2 rings (SSSR count). The number of carbonyl (C=O) groups is 1. The van der Waals surface area contributed by atoms with Gasteiger partial charge in [-0.1, -0.05) is 18.2 Å². The Hall–Kier alpha value is -1.70. The van der Waals surface area contributed by atoms with Crippen LogP contribution in [0.5, 0.6) is 0 Å². The lowest BCUT2D eigenvalue weighted by Crippen LogP contribution is -2.26. The van der Waals surface area contributed by atoms with Crippen LogP contribution in [0.25, 0.3) is 0 Å². The molecule has 0 radical (unpaired) electrons. The molecule has 2 aromatic rings. The van der Waals surface area contributed by atoms with E-state index >= 15 is 0 Å². The normalized spacial score (nSPS) is 12.7. The SMILES string of the molecule is Cc1ccccc1N(c1ccsc1C(=O)OC(C)(C)C)S(=O)O. The van der Waals surface area contributed by atoms with Crippen molar-refractivity contribution in [2.24, 2.45) is 0 Å². The third kappa shape index (κ3) is 4.19. The van der Waals surface area contributed by atoms with Crippen LogP contribution >= 0.6 is 11.3 Å². The van der Waals surface area contributed by atoms with E-state index in [0.717, 1.165) is 5.56 Å². The Bertz CT molecular complexity index is 734. The average molecular weight is 353 g/mol. The molecule has 0 spiro atoms. The van der Waals surface area contributed by atoms with Crippen LogP contribution in [0.3, 0.4) is 0 Å². The number of nitrogens with zero attached hydrogens (tertiary/aromatic N) is 1. The largest absolute Gasteiger partial charge is 0.456 e. The molecule has 0 fully saturated rings. The van der Waals surface area contributed by atoms with Gasteiger partial charge in [0.15, 0.2) is 0 Å². The summed E-state index contributed by atoms with van der Waals surface area (Å²) in [7, 11) is 0. The molecule has 0 amide bonds. The quantitative estimate of drug-likeness (QED) is 0.658. The monoisotopic (exact) mass is 353 g/mol. The second-order valence-corrected chi connectivity index (χ2v) is 7.69. The zero-order chi connectivity index (χ0) is 17.2. The summed E-state index contributed by atoms with van der Waals surface area (Å²) in [5.74, 6) is -0.508. The minimum absolute atomic E-state index is 0.297. The van der Waals surface area contributed by atoms with E-state index in [1.165, 1.54) is 15.6 Å². The second-order valence-electron chi connectivity index (χ2n) is 5.95. The Labute approximate surface area is 142 Å². The van der Waals surface area contributed by atoms with Gasteiger partial charge < -0.3 is 4.74 Å². The fourth-order valence-corrected chi connectivity index (χ4v) is 3.53. The second kappa shape index (κ2) is 6.82. The maximum atomic E-state index is 12.4. The predicted octanol–water partition coefficient (Wildman–Crippen LogP) is 4.29. The highest BCUT2D eigenvalue weighted by Gasteiger charge is 2.27. The maximum Gasteiger partial charge on any atom is 0.351 e. The Morgan fingerprint density at radius 2 is 1.87 bits per heavy atom. The summed E-state index contributed by atoms with van der Waals surface area (Å²) in [4.78, 5) is 12.7. The van der Waals surface area contributed by atoms with Crippen molar-refractivity contribution in [2.45, 2.75) is 33.3 Å². The molecule has 124 valence electrons. The molecular formula is C16H19NO4S2. The Kier molecular flexibility index (Phi) is 5.23. The summed E-state index contributed by atoms with van der Waals surface area (Å²) in [6.45, 7) is 7.18. The molecule has 0 aliphatic heterocycles. The highest BCUT2D eigenvalue weighted by Crippen LogP contribution is 2.35. The molecule has 1 aromatic heterocycles. The van der Waals surface area contributed by atoms with Gasteiger partial charge >= 0.3 is 5.97 Å². The molecule has 0 saturated heterocycles. The van der Waals surface area contributed by atoms with Gasteiger partial charge in [-0.05, 0) is 50.8 Å². The number of thiophene rings is 1. The summed E-state index contributed by atoms with van der Waals surface area (Å²) in [5, 5.41) is 1.70. The number of esters is 1. The van der Waals surface area contributed by atoms with Gasteiger partial charge in [-0.3, -0.25) is 4.55 Å². The molecule has 1 heterocycles. The van der Waals surface area contributed by atoms with Crippen molar-refractivity contribution in [1.82, 2.24) is 0 Å². The lowest BCUT2D eigenvalue weighted by molar-refractivity contribution is 0.00762. The number of aryl methyl sites for hydroxylation is 1. The first-order valence-corrected chi connectivity index (χ1v) is 8.92. The van der Waals surface area contributed by atoms with Gasteiger partial charge in [0, 0.05) is 0 Å². The van der Waals surface area contributed by atoms with Crippen LogP contribution < -0.4 is 4.31 Å². The number of hydrogen-bond donors (Lipinski definition) is 1. The van der Waals surface area contributed by atoms with E-state index in [2.05, 4.69) is 0 Å². The van der Waals surface area contributed by atoms with Gasteiger partial charge in [-0.2, -0.15) is 0 Å². The molecule has 1 unspecified atom stereocenters. The van der Waals surface area contributed by atoms with E-state index in [1.807, 2.05) is 19.1 Å². The van der Waals surface area contributed by atoms with Gasteiger partial charge in [0.2, 0.25) is 0 Å². The minimum Gasteiger partial charge on any atom is -0.456 e. The fraction of sp³-hybridized carbons (Fsp3) is 0.312. The van der Waals surface area contributed by atoms with Crippen molar-refractivity contribution in [1.29, 1.82) is 0 Å². The van der Waals surface area contributed by atoms with Crippen molar-refractivity contribution >= 4 is 39.9 Å². The standard InChI is InChI=1S/C16H19NO4S2/c1-11-7-5-6-8-12(11)17(23(19)20)13-9-10-22-14(13)15(18)21-16(2,3)4/h5-10H,1-4H3,(H,19,20). The van der Waals surface area contributed by atoms with Crippen LogP contribution in [0, 0.1) is 6.92 Å². The predicted molar refractivity (Wildman–Crippen MR) is 93.6 cm³/mol. The number of hydrogen-bond acceptors (Lipinski definition) is 4. The van der Waals surface area contributed by atoms with Crippen LogP contribution in [0.1, 0.15) is 36.0 Å². The molecule has 23 heavy (non-hydrogen) atoms. The first kappa shape index (κ1) is 17.7. The number of para-hydroxylation sites is 1. The van der Waals surface area contributed by atoms with Gasteiger partial charge in [-0.15, -0.1) is 11.3 Å². The molecule has 0 bridgehead atoms. The van der Waals surface area contributed by atoms with Crippen molar-refractivity contribution in [3.05, 3.63) is 46.2 Å². The molecule has 1 aromatic carbocycles. The Balaban J connectivity index is 2.48. The summed E-state index contributed by atoms with van der Waals surface area (Å²) in [6.07, 6.45) is 0. The maximum absolute atomic E-state index is 12.4. The fourth-order valence-electron chi connectivity index (χ4n) is 2.03. The molecular weight excluding hydrogens is 334 g/mol. The third-order valence-electron chi connectivity index (χ3n) is 2.94. The highest BCUT2D eigenvalue weighted by atomic mass is 32.2. The van der Waals surface area contributed by atoms with Crippen molar-refractivity contribution in [2.75, 3.05) is 4.31 Å². The molecule has 0 aliphatic carbocycles. The van der Waals surface area contributed by atoms with E-state index in [0.29, 0.717) is 16.3 Å². The first-order valence-electron chi connectivity index (χ1n) is 6.98. The minimum atomic E-state index is -2.31. The van der Waals surface area contributed by atoms with E-state index in [9.17, 15) is 13.6 Å². The van der Waals surface area contributed by atoms with E-state index in [-0.39, 0.29) is 0 Å². The molecule has 1 atom stereocenters. The van der Waals surface area contributed by atoms with Gasteiger partial charge in [0.1, 0.15) is 10.5 Å². The number of rotatable bonds is 4. The van der Waals surface area contributed by atoms with Gasteiger partial charge in [0.25, 0.3) is 11.3 Å². The van der Waals surface area contributed by atoms with Crippen LogP contribution in [0.4, 0.5) is 11.4 Å².